The van der Waals surface area contributed by atoms with Crippen molar-refractivity contribution < 1.29 is 23.9 Å². The molecule has 7 aromatic carbocycles. The van der Waals surface area contributed by atoms with Crippen molar-refractivity contribution in [3.8, 4) is 58.7 Å². The maximum absolute atomic E-state index is 15.3. The van der Waals surface area contributed by atoms with E-state index in [0.29, 0.717) is 59.3 Å². The normalized spacial score (nSPS) is 15.8. The molecule has 0 saturated heterocycles. The topological polar surface area (TPSA) is 219 Å². The number of hydrogen-bond donors (Lipinski definition) is 0. The number of unbranched alkanes of at least 4 members (excludes halogenated alkanes) is 10. The lowest BCUT2D eigenvalue weighted by Gasteiger charge is -2.32. The van der Waals surface area contributed by atoms with Crippen LogP contribution in [-0.4, -0.2) is 51.8 Å². The number of amides is 3. The van der Waals surface area contributed by atoms with E-state index in [1.54, 1.807) is 39.8 Å². The highest BCUT2D eigenvalue weighted by Crippen LogP contribution is 2.52. The van der Waals surface area contributed by atoms with Gasteiger partial charge in [-0.2, -0.15) is 31.6 Å². The van der Waals surface area contributed by atoms with Gasteiger partial charge in [0, 0.05) is 58.2 Å². The fourth-order valence-electron chi connectivity index (χ4n) is 13.5. The van der Waals surface area contributed by atoms with Crippen molar-refractivity contribution in [3.05, 3.63) is 175 Å². The Morgan fingerprint density at radius 3 is 1.36 bits per heavy atom. The number of rotatable bonds is 20. The van der Waals surface area contributed by atoms with Crippen LogP contribution >= 0.6 is 0 Å². The zero-order valence-electron chi connectivity index (χ0n) is 51.1. The van der Waals surface area contributed by atoms with E-state index in [9.17, 15) is 41.2 Å². The zero-order valence-corrected chi connectivity index (χ0v) is 51.1. The van der Waals surface area contributed by atoms with Crippen molar-refractivity contribution in [1.82, 2.24) is 9.80 Å². The monoisotopic (exact) mass is 1170 g/mol. The van der Waals surface area contributed by atoms with Gasteiger partial charge < -0.3 is 14.4 Å². The van der Waals surface area contributed by atoms with Gasteiger partial charge in [0.05, 0.1) is 0 Å². The molecule has 13 nitrogen and oxygen atoms in total. The second kappa shape index (κ2) is 24.7. The van der Waals surface area contributed by atoms with Crippen molar-refractivity contribution in [2.24, 2.45) is 0 Å². The number of nitriles is 6. The fourth-order valence-corrected chi connectivity index (χ4v) is 13.5. The molecule has 89 heavy (non-hydrogen) atoms. The summed E-state index contributed by atoms with van der Waals surface area (Å²) in [5, 5.41) is 65.8. The van der Waals surface area contributed by atoms with Crippen LogP contribution in [0.2, 0.25) is 0 Å². The lowest BCUT2D eigenvalue weighted by Crippen LogP contribution is -2.41. The van der Waals surface area contributed by atoms with Gasteiger partial charge >= 0.3 is 0 Å². The molecule has 0 bridgehead atoms. The first-order valence-electron chi connectivity index (χ1n) is 30.8. The molecule has 0 saturated carbocycles. The minimum Gasteiger partial charge on any atom is -0.480 e. The Hall–Kier alpha value is -10.6. The third-order valence-corrected chi connectivity index (χ3v) is 18.0. The molecule has 13 heteroatoms. The van der Waals surface area contributed by atoms with Gasteiger partial charge in [-0.1, -0.05) is 163 Å². The quantitative estimate of drug-likeness (QED) is 0.0230. The van der Waals surface area contributed by atoms with Crippen molar-refractivity contribution >= 4 is 73.0 Å². The summed E-state index contributed by atoms with van der Waals surface area (Å²) < 4.78 is 12.1. The van der Waals surface area contributed by atoms with E-state index in [1.807, 2.05) is 108 Å². The van der Waals surface area contributed by atoms with Crippen LogP contribution < -0.4 is 0 Å². The predicted octanol–water partition coefficient (Wildman–Crippen LogP) is 17.2. The second-order valence-corrected chi connectivity index (χ2v) is 24.4. The zero-order chi connectivity index (χ0) is 62.9. The minimum atomic E-state index is -1.01. The maximum atomic E-state index is 15.3. The molecule has 0 aliphatic carbocycles. The Morgan fingerprint density at radius 2 is 0.888 bits per heavy atom. The summed E-state index contributed by atoms with van der Waals surface area (Å²) in [7, 11) is 0. The molecule has 0 spiro atoms. The molecule has 4 aliphatic rings. The summed E-state index contributed by atoms with van der Waals surface area (Å²) in [5.74, 6) is -0.775. The van der Waals surface area contributed by atoms with Crippen molar-refractivity contribution in [3.63, 3.8) is 0 Å². The Kier molecular flexibility index (Phi) is 16.7. The van der Waals surface area contributed by atoms with Crippen LogP contribution in [0.25, 0.3) is 77.5 Å². The highest BCUT2D eigenvalue weighted by atomic mass is 16.5. The van der Waals surface area contributed by atoms with Gasteiger partial charge in [-0.25, -0.2) is 0 Å². The molecule has 4 aliphatic heterocycles. The standard InChI is InChI=1S/C76H66N8O5/c1-7-9-11-13-15-17-35-83-45-50-37-57(48-25-19-46(20-26-48)23-33-62-60(43-81)70(51(39-77)40-78)88-75(62,3)4)65-54-30-32-56-67-59(74(87)84(73(56)86)36-18-16-14-12-10-8-2)38-58(66(69(54)67)53-29-31-55(72(83)85)64(50)68(53)65)49-27-21-47(22-28-49)24-34-63-61(44-82)71(52(41-79)42-80)89-76(63,5)6/h19-34,37-38H,7-18,35-36,45H2,1-6H3. The van der Waals surface area contributed by atoms with Crippen LogP contribution in [-0.2, 0) is 16.0 Å². The minimum absolute atomic E-state index is 0.0216. The average Bonchev–Trinajstić information content (AvgIpc) is 1.29. The van der Waals surface area contributed by atoms with Crippen LogP contribution in [0, 0.1) is 68.0 Å². The molecule has 0 atom stereocenters. The smallest absolute Gasteiger partial charge is 0.261 e. The Labute approximate surface area is 519 Å². The number of hydrogen-bond acceptors (Lipinski definition) is 11. The highest BCUT2D eigenvalue weighted by molar-refractivity contribution is 6.43. The van der Waals surface area contributed by atoms with E-state index in [1.165, 1.54) is 11.3 Å². The molecule has 0 fully saturated rings. The van der Waals surface area contributed by atoms with Crippen molar-refractivity contribution in [1.29, 1.82) is 31.6 Å². The lowest BCUT2D eigenvalue weighted by molar-refractivity contribution is 0.0606. The number of allylic oxidation sites excluding steroid dienone is 4. The number of benzene rings is 7. The first-order valence-corrected chi connectivity index (χ1v) is 30.8. The maximum Gasteiger partial charge on any atom is 0.261 e. The fraction of sp³-hybridized carbons (Fsp3) is 0.303. The molecular formula is C76H66N8O5. The number of imide groups is 1. The van der Waals surface area contributed by atoms with Crippen LogP contribution in [0.5, 0.6) is 0 Å². The number of carbonyl (C=O) groups excluding carboxylic acids is 3. The van der Waals surface area contributed by atoms with Crippen LogP contribution in [0.15, 0.2) is 142 Å². The van der Waals surface area contributed by atoms with Gasteiger partial charge in [0.15, 0.2) is 22.7 Å². The molecule has 3 amide bonds. The van der Waals surface area contributed by atoms with E-state index in [2.05, 4.69) is 44.2 Å². The third-order valence-electron chi connectivity index (χ3n) is 18.0. The number of ether oxygens (including phenoxy) is 2. The largest absolute Gasteiger partial charge is 0.480 e. The summed E-state index contributed by atoms with van der Waals surface area (Å²) in [6, 6.07) is 39.8. The average molecular weight is 1170 g/mol. The van der Waals surface area contributed by atoms with Crippen molar-refractivity contribution in [2.45, 2.75) is 136 Å². The Bertz CT molecular complexity index is 4590. The van der Waals surface area contributed by atoms with E-state index >= 15 is 4.79 Å². The van der Waals surface area contributed by atoms with Gasteiger partial charge in [-0.05, 0) is 136 Å². The number of fused-ring (bicyclic) bond motifs is 2. The Balaban J connectivity index is 1.11. The molecule has 11 rings (SSSR count). The summed E-state index contributed by atoms with van der Waals surface area (Å²) in [4.78, 5) is 48.6. The molecule has 4 heterocycles. The number of nitrogens with zero attached hydrogens (tertiary/aromatic N) is 8. The molecular weight excluding hydrogens is 1100 g/mol. The molecule has 0 radical (unpaired) electrons. The first kappa shape index (κ1) is 60.1. The van der Waals surface area contributed by atoms with Crippen LogP contribution in [0.4, 0.5) is 0 Å². The highest BCUT2D eigenvalue weighted by Gasteiger charge is 2.41. The molecule has 7 aromatic rings. The van der Waals surface area contributed by atoms with Crippen LogP contribution in [0.1, 0.15) is 166 Å². The number of carbonyl (C=O) groups is 3. The molecule has 440 valence electrons. The van der Waals surface area contributed by atoms with E-state index in [0.717, 1.165) is 141 Å². The molecule has 0 aromatic heterocycles. The van der Waals surface area contributed by atoms with E-state index in [4.69, 9.17) is 9.47 Å². The van der Waals surface area contributed by atoms with E-state index in [-0.39, 0.29) is 51.5 Å². The second-order valence-electron chi connectivity index (χ2n) is 24.4. The van der Waals surface area contributed by atoms with Gasteiger partial charge in [0.2, 0.25) is 0 Å². The van der Waals surface area contributed by atoms with Crippen molar-refractivity contribution in [2.75, 3.05) is 13.1 Å². The van der Waals surface area contributed by atoms with E-state index < -0.39 is 11.2 Å². The summed E-state index contributed by atoms with van der Waals surface area (Å²) in [6.07, 6.45) is 19.8. The van der Waals surface area contributed by atoms with Gasteiger partial charge in [0.25, 0.3) is 17.7 Å². The SMILES string of the molecule is CCCCCCCCN1Cc2cc(-c3ccc(C=CC4=C(C#N)C(=C(C#N)C#N)OC4(C)C)cc3)c3c4ccc5c6c(cc(-c7ccc(C=CC8=C(C#N)C(=C(C#N)C#N)OC8(C)C)cc7)c(c7ccc(c2c73)C1=O)c64)C(=O)N(CCCCCCCC)C5=O. The van der Waals surface area contributed by atoms with Crippen LogP contribution in [0.3, 0.4) is 0 Å². The summed E-state index contributed by atoms with van der Waals surface area (Å²) in [6.45, 7) is 12.8. The summed E-state index contributed by atoms with van der Waals surface area (Å²) >= 11 is 0. The third kappa shape index (κ3) is 10.6. The van der Waals surface area contributed by atoms with Gasteiger partial charge in [0.1, 0.15) is 58.8 Å². The molecule has 0 N–H and O–H groups in total. The first-order chi connectivity index (χ1) is 43.1. The van der Waals surface area contributed by atoms with Gasteiger partial charge in [-0.3, -0.25) is 19.3 Å². The predicted molar refractivity (Wildman–Crippen MR) is 346 cm³/mol. The lowest BCUT2D eigenvalue weighted by atomic mass is 9.78. The summed E-state index contributed by atoms with van der Waals surface area (Å²) in [5.41, 5.74) is 6.25. The Morgan fingerprint density at radius 1 is 0.461 bits per heavy atom. The molecule has 0 unspecified atom stereocenters. The van der Waals surface area contributed by atoms with Gasteiger partial charge in [-0.15, -0.1) is 0 Å².